The monoisotopic (exact) mass is 150 g/mol. The number of carbonyl (C=O) groups is 1. The Bertz CT molecular complexity index is 207. The number of ketones is 1. The average Bonchev–Trinajstić information content (AvgIpc) is 2.21. The second-order valence-corrected chi connectivity index (χ2v) is 4.16. The molecule has 0 aliphatic heterocycles. The summed E-state index contributed by atoms with van der Waals surface area (Å²) in [7, 11) is 0. The van der Waals surface area contributed by atoms with Gasteiger partial charge >= 0.3 is 0 Å². The molecule has 0 aromatic rings. The van der Waals surface area contributed by atoms with Crippen LogP contribution in [0.4, 0.5) is 0 Å². The molecule has 1 nitrogen and oxygen atoms in total. The first kappa shape index (κ1) is 7.08. The van der Waals surface area contributed by atoms with Crippen LogP contribution in [0.5, 0.6) is 0 Å². The Balaban J connectivity index is 2.32. The third-order valence-corrected chi connectivity index (χ3v) is 3.18. The third kappa shape index (κ3) is 1.13. The van der Waals surface area contributed by atoms with E-state index >= 15 is 0 Å². The molecule has 0 amide bonds. The van der Waals surface area contributed by atoms with E-state index in [4.69, 9.17) is 0 Å². The molecule has 0 unspecified atom stereocenters. The van der Waals surface area contributed by atoms with Crippen molar-refractivity contribution in [2.45, 2.75) is 32.6 Å². The molecule has 0 N–H and O–H groups in total. The average molecular weight is 150 g/mol. The zero-order valence-electron chi connectivity index (χ0n) is 6.97. The third-order valence-electron chi connectivity index (χ3n) is 3.18. The summed E-state index contributed by atoms with van der Waals surface area (Å²) in [6.45, 7) is 2.26. The van der Waals surface area contributed by atoms with Crippen molar-refractivity contribution in [1.82, 2.24) is 0 Å². The van der Waals surface area contributed by atoms with Crippen LogP contribution >= 0.6 is 0 Å². The quantitative estimate of drug-likeness (QED) is 0.518. The lowest BCUT2D eigenvalue weighted by molar-refractivity contribution is -0.118. The Labute approximate surface area is 67.5 Å². The zero-order valence-corrected chi connectivity index (χ0v) is 6.97. The summed E-state index contributed by atoms with van der Waals surface area (Å²) in [5.41, 5.74) is 0.350. The lowest BCUT2D eigenvalue weighted by Gasteiger charge is -2.31. The van der Waals surface area contributed by atoms with Gasteiger partial charge in [-0.3, -0.25) is 4.79 Å². The van der Waals surface area contributed by atoms with E-state index in [1.807, 2.05) is 6.08 Å². The molecular formula is C10H14O. The molecule has 1 heteroatoms. The predicted octanol–water partition coefficient (Wildman–Crippen LogP) is 2.32. The van der Waals surface area contributed by atoms with Gasteiger partial charge in [0.2, 0.25) is 0 Å². The normalized spacial score (nSPS) is 42.6. The van der Waals surface area contributed by atoms with Gasteiger partial charge in [0.05, 0.1) is 0 Å². The molecule has 11 heavy (non-hydrogen) atoms. The number of allylic oxidation sites excluding steroid dienone is 2. The molecule has 3 rings (SSSR count). The Morgan fingerprint density at radius 3 is 2.73 bits per heavy atom. The van der Waals surface area contributed by atoms with Crippen LogP contribution in [0, 0.1) is 11.3 Å². The summed E-state index contributed by atoms with van der Waals surface area (Å²) in [6.07, 6.45) is 8.58. The molecule has 0 heterocycles. The van der Waals surface area contributed by atoms with Gasteiger partial charge in [0.25, 0.3) is 0 Å². The van der Waals surface area contributed by atoms with E-state index in [-0.39, 0.29) is 0 Å². The summed E-state index contributed by atoms with van der Waals surface area (Å²) in [5.74, 6) is 0.730. The van der Waals surface area contributed by atoms with Crippen LogP contribution in [0.3, 0.4) is 0 Å². The van der Waals surface area contributed by atoms with E-state index in [1.54, 1.807) is 0 Å². The van der Waals surface area contributed by atoms with Crippen molar-refractivity contribution < 1.29 is 4.79 Å². The molecule has 1 saturated carbocycles. The molecule has 0 aromatic heterocycles. The Morgan fingerprint density at radius 1 is 1.45 bits per heavy atom. The summed E-state index contributed by atoms with van der Waals surface area (Å²) in [6, 6.07) is 0. The number of hydrogen-bond acceptors (Lipinski definition) is 1. The Kier molecular flexibility index (Phi) is 1.41. The fourth-order valence-electron chi connectivity index (χ4n) is 2.15. The molecule has 60 valence electrons. The van der Waals surface area contributed by atoms with E-state index < -0.39 is 0 Å². The largest absolute Gasteiger partial charge is 0.295 e. The van der Waals surface area contributed by atoms with Gasteiger partial charge < -0.3 is 0 Å². The fraction of sp³-hybridized carbons (Fsp3) is 0.700. The molecule has 0 atom stereocenters. The van der Waals surface area contributed by atoms with E-state index in [0.29, 0.717) is 17.1 Å². The number of fused-ring (bicyclic) bond motifs is 3. The van der Waals surface area contributed by atoms with E-state index in [2.05, 4.69) is 13.0 Å². The lowest BCUT2D eigenvalue weighted by atomic mass is 9.74. The first-order valence-corrected chi connectivity index (χ1v) is 4.43. The van der Waals surface area contributed by atoms with Crippen LogP contribution in [-0.2, 0) is 4.79 Å². The molecule has 3 aliphatic rings. The molecule has 2 bridgehead atoms. The maximum absolute atomic E-state index is 11.3. The smallest absolute Gasteiger partial charge is 0.158 e. The summed E-state index contributed by atoms with van der Waals surface area (Å²) in [5, 5.41) is 0. The van der Waals surface area contributed by atoms with Crippen LogP contribution in [0.15, 0.2) is 12.2 Å². The van der Waals surface area contributed by atoms with Crippen molar-refractivity contribution >= 4 is 5.78 Å². The Morgan fingerprint density at radius 2 is 2.09 bits per heavy atom. The van der Waals surface area contributed by atoms with Crippen molar-refractivity contribution in [2.75, 3.05) is 0 Å². The highest BCUT2D eigenvalue weighted by Gasteiger charge is 2.34. The van der Waals surface area contributed by atoms with E-state index in [9.17, 15) is 4.79 Å². The van der Waals surface area contributed by atoms with E-state index in [0.717, 1.165) is 12.8 Å². The van der Waals surface area contributed by atoms with Crippen LogP contribution in [0.2, 0.25) is 0 Å². The Hall–Kier alpha value is -0.590. The van der Waals surface area contributed by atoms with Crippen molar-refractivity contribution in [3.05, 3.63) is 12.2 Å². The van der Waals surface area contributed by atoms with E-state index in [1.165, 1.54) is 12.8 Å². The van der Waals surface area contributed by atoms with Gasteiger partial charge in [0.1, 0.15) is 0 Å². The minimum atomic E-state index is 0.350. The molecule has 0 spiro atoms. The summed E-state index contributed by atoms with van der Waals surface area (Å²) >= 11 is 0. The highest BCUT2D eigenvalue weighted by atomic mass is 16.1. The second-order valence-electron chi connectivity index (χ2n) is 4.16. The zero-order chi connectivity index (χ0) is 7.90. The number of carbonyl (C=O) groups excluding carboxylic acids is 1. The van der Waals surface area contributed by atoms with Crippen molar-refractivity contribution in [3.8, 4) is 0 Å². The standard InChI is InChI=1S/C10H14O/c1-10-5-2-8(3-6-10)9(11)4-7-10/h4,7-8H,2-3,5-6H2,1H3. The van der Waals surface area contributed by atoms with Crippen LogP contribution in [-0.4, -0.2) is 5.78 Å². The minimum absolute atomic E-state index is 0.350. The first-order valence-electron chi connectivity index (χ1n) is 4.43. The summed E-state index contributed by atoms with van der Waals surface area (Å²) < 4.78 is 0. The molecule has 0 saturated heterocycles. The lowest BCUT2D eigenvalue weighted by Crippen LogP contribution is -2.22. The molecule has 1 fully saturated rings. The van der Waals surface area contributed by atoms with Crippen LogP contribution < -0.4 is 0 Å². The molecular weight excluding hydrogens is 136 g/mol. The van der Waals surface area contributed by atoms with Crippen molar-refractivity contribution in [1.29, 1.82) is 0 Å². The highest BCUT2D eigenvalue weighted by Crippen LogP contribution is 2.42. The molecule has 3 aliphatic carbocycles. The first-order chi connectivity index (χ1) is 5.20. The van der Waals surface area contributed by atoms with Gasteiger partial charge in [0, 0.05) is 5.92 Å². The maximum Gasteiger partial charge on any atom is 0.158 e. The van der Waals surface area contributed by atoms with Gasteiger partial charge in [-0.25, -0.2) is 0 Å². The van der Waals surface area contributed by atoms with Crippen LogP contribution in [0.1, 0.15) is 32.6 Å². The van der Waals surface area contributed by atoms with Gasteiger partial charge in [-0.15, -0.1) is 0 Å². The van der Waals surface area contributed by atoms with Gasteiger partial charge in [-0.2, -0.15) is 0 Å². The maximum atomic E-state index is 11.3. The second kappa shape index (κ2) is 2.20. The fourth-order valence-corrected chi connectivity index (χ4v) is 2.15. The van der Waals surface area contributed by atoms with Gasteiger partial charge in [-0.05, 0) is 37.2 Å². The SMILES string of the molecule is CC12C=CC(=O)C(CC1)CC2. The molecule has 0 radical (unpaired) electrons. The van der Waals surface area contributed by atoms with Crippen LogP contribution in [0.25, 0.3) is 0 Å². The van der Waals surface area contributed by atoms with Gasteiger partial charge in [0.15, 0.2) is 5.78 Å². The number of rotatable bonds is 0. The highest BCUT2D eigenvalue weighted by molar-refractivity contribution is 5.92. The van der Waals surface area contributed by atoms with Crippen molar-refractivity contribution in [3.63, 3.8) is 0 Å². The van der Waals surface area contributed by atoms with Gasteiger partial charge in [-0.1, -0.05) is 13.0 Å². The van der Waals surface area contributed by atoms with Crippen molar-refractivity contribution in [2.24, 2.45) is 11.3 Å². The topological polar surface area (TPSA) is 17.1 Å². The summed E-state index contributed by atoms with van der Waals surface area (Å²) in [4.78, 5) is 11.3. The number of hydrogen-bond donors (Lipinski definition) is 0. The minimum Gasteiger partial charge on any atom is -0.295 e. The predicted molar refractivity (Wildman–Crippen MR) is 44.2 cm³/mol. The molecule has 0 aromatic carbocycles.